The van der Waals surface area contributed by atoms with Crippen molar-refractivity contribution in [3.63, 3.8) is 0 Å². The lowest BCUT2D eigenvalue weighted by Gasteiger charge is -2.30. The maximum absolute atomic E-state index is 11.8. The molecule has 1 aromatic rings. The molecule has 0 aromatic heterocycles. The largest absolute Gasteiger partial charge is 0.497 e. The van der Waals surface area contributed by atoms with E-state index in [9.17, 15) is 4.79 Å². The Morgan fingerprint density at radius 3 is 2.81 bits per heavy atom. The quantitative estimate of drug-likeness (QED) is 0.904. The molecule has 1 aliphatic rings. The molecule has 2 atom stereocenters. The summed E-state index contributed by atoms with van der Waals surface area (Å²) in [6.07, 6.45) is 0. The van der Waals surface area contributed by atoms with E-state index in [2.05, 4.69) is 31.3 Å². The Bertz CT molecular complexity index is 487. The molecule has 0 bridgehead atoms. The molecule has 1 aliphatic heterocycles. The van der Waals surface area contributed by atoms with Crippen molar-refractivity contribution >= 4 is 5.91 Å². The molecular formula is C17H26N2O2. The van der Waals surface area contributed by atoms with Crippen molar-refractivity contribution in [2.45, 2.75) is 32.7 Å². The van der Waals surface area contributed by atoms with Gasteiger partial charge in [0.25, 0.3) is 0 Å². The topological polar surface area (TPSA) is 41.6 Å². The molecule has 0 saturated carbocycles. The number of hydrogen-bond acceptors (Lipinski definition) is 3. The van der Waals surface area contributed by atoms with E-state index in [-0.39, 0.29) is 11.9 Å². The molecule has 1 amide bonds. The first-order chi connectivity index (χ1) is 10.0. The van der Waals surface area contributed by atoms with Crippen molar-refractivity contribution in [3.05, 3.63) is 29.8 Å². The van der Waals surface area contributed by atoms with Gasteiger partial charge in [0.2, 0.25) is 5.91 Å². The van der Waals surface area contributed by atoms with Gasteiger partial charge in [0, 0.05) is 38.5 Å². The zero-order valence-corrected chi connectivity index (χ0v) is 13.4. The summed E-state index contributed by atoms with van der Waals surface area (Å²) < 4.78 is 5.32. The monoisotopic (exact) mass is 290 g/mol. The lowest BCUT2D eigenvalue weighted by molar-refractivity contribution is -0.131. The van der Waals surface area contributed by atoms with Crippen LogP contribution in [0, 0.1) is 5.92 Å². The smallest absolute Gasteiger partial charge is 0.219 e. The minimum atomic E-state index is 0.154. The second kappa shape index (κ2) is 6.94. The molecule has 116 valence electrons. The fraction of sp³-hybridized carbons (Fsp3) is 0.588. The second-order valence-electron chi connectivity index (χ2n) is 6.07. The molecule has 21 heavy (non-hydrogen) atoms. The molecule has 1 heterocycles. The van der Waals surface area contributed by atoms with Crippen LogP contribution in [-0.4, -0.2) is 43.6 Å². The van der Waals surface area contributed by atoms with Crippen LogP contribution in [0.25, 0.3) is 0 Å². The number of methoxy groups -OCH3 is 1. The molecule has 1 fully saturated rings. The van der Waals surface area contributed by atoms with Gasteiger partial charge in [-0.3, -0.25) is 4.79 Å². The first-order valence-corrected chi connectivity index (χ1v) is 7.64. The van der Waals surface area contributed by atoms with Crippen LogP contribution in [0.2, 0.25) is 0 Å². The molecule has 1 saturated heterocycles. The molecule has 4 heteroatoms. The predicted molar refractivity (Wildman–Crippen MR) is 84.6 cm³/mol. The standard InChI is InChI=1S/C17H26N2O2/c1-12(2)19(13(3)20)11-15-9-18-10-17(15)14-6-5-7-16(8-14)21-4/h5-8,12,15,17-18H,9-11H2,1-4H3/t15-,17-/m1/s1. The molecular weight excluding hydrogens is 264 g/mol. The number of nitrogens with zero attached hydrogens (tertiary/aromatic N) is 1. The van der Waals surface area contributed by atoms with E-state index in [0.29, 0.717) is 11.8 Å². The Morgan fingerprint density at radius 2 is 2.19 bits per heavy atom. The highest BCUT2D eigenvalue weighted by molar-refractivity contribution is 5.73. The average molecular weight is 290 g/mol. The Labute approximate surface area is 127 Å². The minimum Gasteiger partial charge on any atom is -0.497 e. The van der Waals surface area contributed by atoms with Crippen LogP contribution >= 0.6 is 0 Å². The highest BCUT2D eigenvalue weighted by Crippen LogP contribution is 2.31. The Kier molecular flexibility index (Phi) is 5.23. The highest BCUT2D eigenvalue weighted by atomic mass is 16.5. The lowest BCUT2D eigenvalue weighted by atomic mass is 9.88. The fourth-order valence-corrected chi connectivity index (χ4v) is 3.14. The number of rotatable bonds is 5. The fourth-order valence-electron chi connectivity index (χ4n) is 3.14. The van der Waals surface area contributed by atoms with Crippen LogP contribution in [0.15, 0.2) is 24.3 Å². The first kappa shape index (κ1) is 15.8. The van der Waals surface area contributed by atoms with Gasteiger partial charge in [-0.15, -0.1) is 0 Å². The molecule has 0 aliphatic carbocycles. The Balaban J connectivity index is 2.14. The van der Waals surface area contributed by atoms with E-state index in [4.69, 9.17) is 4.74 Å². The van der Waals surface area contributed by atoms with Crippen LogP contribution in [0.5, 0.6) is 5.75 Å². The third kappa shape index (κ3) is 3.76. The number of hydrogen-bond donors (Lipinski definition) is 1. The SMILES string of the molecule is COc1cccc([C@H]2CNC[C@@H]2CN(C(C)=O)C(C)C)c1. The van der Waals surface area contributed by atoms with Gasteiger partial charge in [0.1, 0.15) is 5.75 Å². The average Bonchev–Trinajstić information content (AvgIpc) is 2.92. The summed E-state index contributed by atoms with van der Waals surface area (Å²) in [6.45, 7) is 8.53. The normalized spacial score (nSPS) is 21.6. The minimum absolute atomic E-state index is 0.154. The molecule has 1 aromatic carbocycles. The maximum Gasteiger partial charge on any atom is 0.219 e. The summed E-state index contributed by atoms with van der Waals surface area (Å²) in [5.74, 6) is 1.93. The van der Waals surface area contributed by atoms with Crippen molar-refractivity contribution in [3.8, 4) is 5.75 Å². The van der Waals surface area contributed by atoms with Crippen molar-refractivity contribution in [1.82, 2.24) is 10.2 Å². The molecule has 1 N–H and O–H groups in total. The third-order valence-electron chi connectivity index (χ3n) is 4.32. The summed E-state index contributed by atoms with van der Waals surface area (Å²) in [4.78, 5) is 13.8. The van der Waals surface area contributed by atoms with E-state index in [1.54, 1.807) is 14.0 Å². The van der Waals surface area contributed by atoms with Gasteiger partial charge in [0.05, 0.1) is 7.11 Å². The highest BCUT2D eigenvalue weighted by Gasteiger charge is 2.31. The van der Waals surface area contributed by atoms with Gasteiger partial charge in [-0.2, -0.15) is 0 Å². The maximum atomic E-state index is 11.8. The summed E-state index contributed by atoms with van der Waals surface area (Å²) in [5.41, 5.74) is 1.29. The summed E-state index contributed by atoms with van der Waals surface area (Å²) in [6, 6.07) is 8.51. The van der Waals surface area contributed by atoms with Gasteiger partial charge in [-0.05, 0) is 37.5 Å². The van der Waals surface area contributed by atoms with Crippen molar-refractivity contribution in [2.75, 3.05) is 26.7 Å². The summed E-state index contributed by atoms with van der Waals surface area (Å²) in [7, 11) is 1.69. The van der Waals surface area contributed by atoms with Gasteiger partial charge in [-0.25, -0.2) is 0 Å². The van der Waals surface area contributed by atoms with E-state index in [1.807, 2.05) is 17.0 Å². The molecule has 4 nitrogen and oxygen atoms in total. The van der Waals surface area contributed by atoms with Crippen molar-refractivity contribution in [2.24, 2.45) is 5.92 Å². The van der Waals surface area contributed by atoms with Crippen LogP contribution < -0.4 is 10.1 Å². The molecule has 2 rings (SSSR count). The second-order valence-corrected chi connectivity index (χ2v) is 6.07. The Morgan fingerprint density at radius 1 is 1.43 bits per heavy atom. The number of amides is 1. The number of benzene rings is 1. The number of nitrogens with one attached hydrogen (secondary N) is 1. The molecule has 0 spiro atoms. The van der Waals surface area contributed by atoms with E-state index in [1.165, 1.54) is 5.56 Å². The van der Waals surface area contributed by atoms with Crippen LogP contribution in [0.1, 0.15) is 32.3 Å². The van der Waals surface area contributed by atoms with E-state index < -0.39 is 0 Å². The molecule has 0 radical (unpaired) electrons. The zero-order valence-electron chi connectivity index (χ0n) is 13.4. The van der Waals surface area contributed by atoms with Crippen molar-refractivity contribution in [1.29, 1.82) is 0 Å². The third-order valence-corrected chi connectivity index (χ3v) is 4.32. The molecule has 0 unspecified atom stereocenters. The van der Waals surface area contributed by atoms with Gasteiger partial charge in [0.15, 0.2) is 0 Å². The predicted octanol–water partition coefficient (Wildman–Crippen LogP) is 2.26. The summed E-state index contributed by atoms with van der Waals surface area (Å²) in [5, 5.41) is 3.46. The number of carbonyl (C=O) groups excluding carboxylic acids is 1. The van der Waals surface area contributed by atoms with Crippen LogP contribution in [0.3, 0.4) is 0 Å². The first-order valence-electron chi connectivity index (χ1n) is 7.64. The van der Waals surface area contributed by atoms with Crippen molar-refractivity contribution < 1.29 is 9.53 Å². The number of ether oxygens (including phenoxy) is 1. The van der Waals surface area contributed by atoms with Crippen LogP contribution in [-0.2, 0) is 4.79 Å². The zero-order chi connectivity index (χ0) is 15.4. The Hall–Kier alpha value is -1.55. The van der Waals surface area contributed by atoms with E-state index in [0.717, 1.165) is 25.4 Å². The van der Waals surface area contributed by atoms with E-state index >= 15 is 0 Å². The lowest BCUT2D eigenvalue weighted by Crippen LogP contribution is -2.40. The number of carbonyl (C=O) groups is 1. The summed E-state index contributed by atoms with van der Waals surface area (Å²) >= 11 is 0. The van der Waals surface area contributed by atoms with Gasteiger partial charge < -0.3 is 15.0 Å². The van der Waals surface area contributed by atoms with Gasteiger partial charge >= 0.3 is 0 Å². The van der Waals surface area contributed by atoms with Crippen LogP contribution in [0.4, 0.5) is 0 Å². The van der Waals surface area contributed by atoms with Gasteiger partial charge in [-0.1, -0.05) is 12.1 Å².